The maximum Gasteiger partial charge on any atom is 0.223 e. The standard InChI is InChI=1S/C27H33N3O3/c1-21(22-7-3-2-4-8-22)17-26(32)30-15-12-27(33,13-16-30)19-29-14-11-25(28-20-29)24-10-6-5-9-23(24)18-31/h2-11,14,21,31,33H,12-13,15-20H2,1H3. The van der Waals surface area contributed by atoms with Crippen molar-refractivity contribution in [1.29, 1.82) is 0 Å². The van der Waals surface area contributed by atoms with E-state index in [9.17, 15) is 15.0 Å². The zero-order valence-corrected chi connectivity index (χ0v) is 19.2. The van der Waals surface area contributed by atoms with Gasteiger partial charge < -0.3 is 20.0 Å². The average molecular weight is 448 g/mol. The molecule has 2 aromatic rings. The fraction of sp³-hybridized carbons (Fsp3) is 0.407. The van der Waals surface area contributed by atoms with E-state index in [1.165, 1.54) is 5.56 Å². The summed E-state index contributed by atoms with van der Waals surface area (Å²) < 4.78 is 0. The SMILES string of the molecule is CC(CC(=O)N1CCC(O)(CN2C=CC(c3ccccc3CO)=NC2)CC1)c1ccccc1. The number of allylic oxidation sites excluding steroid dienone is 1. The molecule has 1 saturated heterocycles. The maximum atomic E-state index is 12.8. The highest BCUT2D eigenvalue weighted by Crippen LogP contribution is 2.27. The molecule has 0 bridgehead atoms. The van der Waals surface area contributed by atoms with Gasteiger partial charge in [0.2, 0.25) is 5.91 Å². The molecule has 0 aliphatic carbocycles. The molecule has 2 aliphatic rings. The lowest BCUT2D eigenvalue weighted by atomic mass is 9.90. The lowest BCUT2D eigenvalue weighted by Gasteiger charge is -2.41. The highest BCUT2D eigenvalue weighted by molar-refractivity contribution is 6.09. The monoisotopic (exact) mass is 447 g/mol. The number of hydrogen-bond acceptors (Lipinski definition) is 5. The Bertz CT molecular complexity index is 1010. The Labute approximate surface area is 195 Å². The van der Waals surface area contributed by atoms with Crippen LogP contribution in [-0.2, 0) is 11.4 Å². The van der Waals surface area contributed by atoms with Crippen molar-refractivity contribution in [3.05, 3.63) is 83.6 Å². The highest BCUT2D eigenvalue weighted by atomic mass is 16.3. The number of carbonyl (C=O) groups is 1. The number of β-amino-alcohol motifs (C(OH)–C–C–N with tert-alkyl or cyclic N) is 1. The Balaban J connectivity index is 1.28. The van der Waals surface area contributed by atoms with Gasteiger partial charge in [-0.2, -0.15) is 0 Å². The summed E-state index contributed by atoms with van der Waals surface area (Å²) in [6, 6.07) is 17.8. The summed E-state index contributed by atoms with van der Waals surface area (Å²) in [6.45, 7) is 4.17. The second kappa shape index (κ2) is 10.3. The molecule has 33 heavy (non-hydrogen) atoms. The van der Waals surface area contributed by atoms with Crippen molar-refractivity contribution in [2.45, 2.75) is 44.3 Å². The van der Waals surface area contributed by atoms with Crippen LogP contribution in [-0.4, -0.2) is 63.5 Å². The zero-order valence-electron chi connectivity index (χ0n) is 19.2. The van der Waals surface area contributed by atoms with Crippen molar-refractivity contribution in [3.8, 4) is 0 Å². The van der Waals surface area contributed by atoms with Crippen molar-refractivity contribution < 1.29 is 15.0 Å². The number of rotatable bonds is 7. The fourth-order valence-electron chi connectivity index (χ4n) is 4.63. The maximum absolute atomic E-state index is 12.8. The van der Waals surface area contributed by atoms with Crippen LogP contribution in [0.4, 0.5) is 0 Å². The molecule has 0 aromatic heterocycles. The van der Waals surface area contributed by atoms with Crippen molar-refractivity contribution in [3.63, 3.8) is 0 Å². The molecule has 6 nitrogen and oxygen atoms in total. The first-order valence-electron chi connectivity index (χ1n) is 11.7. The molecule has 174 valence electrons. The van der Waals surface area contributed by atoms with Crippen molar-refractivity contribution in [2.75, 3.05) is 26.3 Å². The number of aliphatic imine (C=N–C) groups is 1. The molecule has 2 aromatic carbocycles. The third kappa shape index (κ3) is 5.70. The molecule has 0 saturated carbocycles. The third-order valence-corrected chi connectivity index (χ3v) is 6.72. The number of aliphatic hydroxyl groups is 2. The highest BCUT2D eigenvalue weighted by Gasteiger charge is 2.35. The van der Waals surface area contributed by atoms with Crippen LogP contribution in [0.3, 0.4) is 0 Å². The molecule has 1 atom stereocenters. The number of hydrogen-bond donors (Lipinski definition) is 2. The van der Waals surface area contributed by atoms with Gasteiger partial charge >= 0.3 is 0 Å². The molecule has 0 spiro atoms. The summed E-state index contributed by atoms with van der Waals surface area (Å²) >= 11 is 0. The van der Waals surface area contributed by atoms with Crippen molar-refractivity contribution >= 4 is 11.6 Å². The number of benzene rings is 2. The number of aliphatic hydroxyl groups excluding tert-OH is 1. The van der Waals surface area contributed by atoms with Crippen LogP contribution in [0.15, 0.2) is 71.9 Å². The minimum absolute atomic E-state index is 0.0220. The van der Waals surface area contributed by atoms with E-state index in [1.807, 2.05) is 64.5 Å². The zero-order chi connectivity index (χ0) is 23.3. The first-order valence-corrected chi connectivity index (χ1v) is 11.7. The van der Waals surface area contributed by atoms with Gasteiger partial charge in [-0.1, -0.05) is 61.5 Å². The summed E-state index contributed by atoms with van der Waals surface area (Å²) in [4.78, 5) is 21.4. The van der Waals surface area contributed by atoms with Gasteiger partial charge in [-0.15, -0.1) is 0 Å². The Morgan fingerprint density at radius 2 is 1.79 bits per heavy atom. The number of carbonyl (C=O) groups excluding carboxylic acids is 1. The third-order valence-electron chi connectivity index (χ3n) is 6.72. The largest absolute Gasteiger partial charge is 0.392 e. The van der Waals surface area contributed by atoms with E-state index in [-0.39, 0.29) is 18.4 Å². The molecular formula is C27H33N3O3. The Kier molecular flexibility index (Phi) is 7.26. The predicted molar refractivity (Wildman–Crippen MR) is 130 cm³/mol. The van der Waals surface area contributed by atoms with Gasteiger partial charge in [-0.25, -0.2) is 0 Å². The van der Waals surface area contributed by atoms with Crippen LogP contribution in [0.2, 0.25) is 0 Å². The van der Waals surface area contributed by atoms with Crippen molar-refractivity contribution in [1.82, 2.24) is 9.80 Å². The Morgan fingerprint density at radius 1 is 1.09 bits per heavy atom. The molecule has 4 rings (SSSR count). The van der Waals surface area contributed by atoms with Gasteiger partial charge in [-0.3, -0.25) is 9.79 Å². The lowest BCUT2D eigenvalue weighted by molar-refractivity contribution is -0.136. The molecule has 2 N–H and O–H groups in total. The topological polar surface area (TPSA) is 76.4 Å². The van der Waals surface area contributed by atoms with E-state index >= 15 is 0 Å². The Hall–Kier alpha value is -2.96. The van der Waals surface area contributed by atoms with Crippen molar-refractivity contribution in [2.24, 2.45) is 4.99 Å². The van der Waals surface area contributed by atoms with Gasteiger partial charge in [0.25, 0.3) is 0 Å². The Morgan fingerprint density at radius 3 is 2.45 bits per heavy atom. The van der Waals surface area contributed by atoms with Crippen LogP contribution in [0.1, 0.15) is 48.8 Å². The first kappa shape index (κ1) is 23.2. The smallest absolute Gasteiger partial charge is 0.223 e. The normalized spacial score (nSPS) is 18.7. The van der Waals surface area contributed by atoms with Crippen LogP contribution < -0.4 is 0 Å². The fourth-order valence-corrected chi connectivity index (χ4v) is 4.63. The summed E-state index contributed by atoms with van der Waals surface area (Å²) in [5, 5.41) is 20.7. The molecule has 1 unspecified atom stereocenters. The molecular weight excluding hydrogens is 414 g/mol. The lowest BCUT2D eigenvalue weighted by Crippen LogP contribution is -2.51. The van der Waals surface area contributed by atoms with Crippen LogP contribution in [0, 0.1) is 0 Å². The quantitative estimate of drug-likeness (QED) is 0.683. The summed E-state index contributed by atoms with van der Waals surface area (Å²) in [7, 11) is 0. The average Bonchev–Trinajstić information content (AvgIpc) is 2.85. The number of piperidine rings is 1. The minimum atomic E-state index is -0.831. The van der Waals surface area contributed by atoms with Crippen LogP contribution in [0.25, 0.3) is 0 Å². The molecule has 2 aliphatic heterocycles. The van der Waals surface area contributed by atoms with E-state index in [2.05, 4.69) is 24.0 Å². The second-order valence-corrected chi connectivity index (χ2v) is 9.18. The summed E-state index contributed by atoms with van der Waals surface area (Å²) in [5.74, 6) is 0.337. The van der Waals surface area contributed by atoms with E-state index in [1.54, 1.807) is 0 Å². The van der Waals surface area contributed by atoms with Gasteiger partial charge in [0, 0.05) is 37.8 Å². The van der Waals surface area contributed by atoms with Crippen LogP contribution in [0.5, 0.6) is 0 Å². The van der Waals surface area contributed by atoms with Crippen LogP contribution >= 0.6 is 0 Å². The molecule has 1 fully saturated rings. The first-order chi connectivity index (χ1) is 16.0. The summed E-state index contributed by atoms with van der Waals surface area (Å²) in [5.41, 5.74) is 2.98. The minimum Gasteiger partial charge on any atom is -0.392 e. The number of nitrogens with zero attached hydrogens (tertiary/aromatic N) is 3. The molecule has 6 heteroatoms. The van der Waals surface area contributed by atoms with Gasteiger partial charge in [-0.05, 0) is 36.0 Å². The molecule has 0 radical (unpaired) electrons. The molecule has 1 amide bonds. The van der Waals surface area contributed by atoms with E-state index in [0.717, 1.165) is 16.8 Å². The predicted octanol–water partition coefficient (Wildman–Crippen LogP) is 3.30. The second-order valence-electron chi connectivity index (χ2n) is 9.18. The van der Waals surface area contributed by atoms with Gasteiger partial charge in [0.05, 0.1) is 17.9 Å². The van der Waals surface area contributed by atoms with Gasteiger partial charge in [0.15, 0.2) is 0 Å². The van der Waals surface area contributed by atoms with Gasteiger partial charge in [0.1, 0.15) is 6.67 Å². The van der Waals surface area contributed by atoms with E-state index < -0.39 is 5.60 Å². The van der Waals surface area contributed by atoms with E-state index in [4.69, 9.17) is 0 Å². The number of likely N-dealkylation sites (tertiary alicyclic amines) is 1. The summed E-state index contributed by atoms with van der Waals surface area (Å²) in [6.07, 6.45) is 5.52. The number of amides is 1. The molecule has 2 heterocycles. The van der Waals surface area contributed by atoms with E-state index in [0.29, 0.717) is 45.6 Å².